The van der Waals surface area contributed by atoms with Crippen molar-refractivity contribution >= 4 is 8.56 Å². The molecule has 0 rings (SSSR count). The quantitative estimate of drug-likeness (QED) is 0.270. The highest BCUT2D eigenvalue weighted by molar-refractivity contribution is 6.64. The summed E-state index contributed by atoms with van der Waals surface area (Å²) in [7, 11) is -3.30. The van der Waals surface area contributed by atoms with Gasteiger partial charge in [-0.3, -0.25) is 0 Å². The minimum atomic E-state index is -6.25. The van der Waals surface area contributed by atoms with Crippen LogP contribution in [-0.2, 0) is 8.85 Å². The van der Waals surface area contributed by atoms with Gasteiger partial charge in [0.1, 0.15) is 6.61 Å². The van der Waals surface area contributed by atoms with E-state index in [0.29, 0.717) is 12.3 Å². The Morgan fingerprint density at radius 1 is 0.917 bits per heavy atom. The Morgan fingerprint density at radius 2 is 1.42 bits per heavy atom. The molecule has 0 aromatic rings. The van der Waals surface area contributed by atoms with E-state index in [9.17, 15) is 35.1 Å². The summed E-state index contributed by atoms with van der Waals surface area (Å²) < 4.78 is 112. The number of alkyl halides is 8. The third-order valence-corrected chi connectivity index (χ3v) is 4.87. The van der Waals surface area contributed by atoms with Crippen LogP contribution in [0.2, 0.25) is 13.1 Å². The molecule has 0 fully saturated rings. The van der Waals surface area contributed by atoms with Gasteiger partial charge in [0.25, 0.3) is 0 Å². The Hall–Kier alpha value is -0.423. The molecule has 0 amide bonds. The van der Waals surface area contributed by atoms with Crippen LogP contribution in [0.1, 0.15) is 26.7 Å². The highest BCUT2D eigenvalue weighted by atomic mass is 28.4. The molecule has 0 bridgehead atoms. The van der Waals surface area contributed by atoms with Crippen molar-refractivity contribution < 1.29 is 44.0 Å². The molecular weight excluding hydrogens is 368 g/mol. The molecule has 0 aromatic heterocycles. The average molecular weight is 390 g/mol. The van der Waals surface area contributed by atoms with Gasteiger partial charge in [0.15, 0.2) is 0 Å². The Labute approximate surface area is 136 Å². The number of hydrogen-bond acceptors (Lipinski definition) is 2. The van der Waals surface area contributed by atoms with Gasteiger partial charge in [-0.25, -0.2) is 8.78 Å². The monoisotopic (exact) mass is 390 g/mol. The zero-order valence-corrected chi connectivity index (χ0v) is 14.8. The highest BCUT2D eigenvalue weighted by Crippen LogP contribution is 2.48. The van der Waals surface area contributed by atoms with Gasteiger partial charge in [-0.2, -0.15) is 26.3 Å². The Bertz CT molecular complexity index is 388. The maximum absolute atomic E-state index is 13.4. The van der Waals surface area contributed by atoms with Gasteiger partial charge in [-0.1, -0.05) is 13.8 Å². The molecule has 0 N–H and O–H groups in total. The van der Waals surface area contributed by atoms with Gasteiger partial charge in [0.2, 0.25) is 0 Å². The van der Waals surface area contributed by atoms with Crippen LogP contribution in [0.5, 0.6) is 0 Å². The normalized spacial score (nSPS) is 14.8. The van der Waals surface area contributed by atoms with Crippen LogP contribution < -0.4 is 0 Å². The van der Waals surface area contributed by atoms with Crippen LogP contribution in [0.4, 0.5) is 35.1 Å². The minimum Gasteiger partial charge on any atom is -0.395 e. The smallest absolute Gasteiger partial charge is 0.380 e. The second-order valence-corrected chi connectivity index (χ2v) is 9.65. The SMILES string of the molecule is CC(C)CCCO[Si](C)(C)OCC(F)(F)C(F)(F)C(F)(F)C(F)F. The van der Waals surface area contributed by atoms with Gasteiger partial charge in [0.05, 0.1) is 0 Å². The summed E-state index contributed by atoms with van der Waals surface area (Å²) in [5.74, 6) is -17.5. The van der Waals surface area contributed by atoms with E-state index in [1.165, 1.54) is 13.1 Å². The Morgan fingerprint density at radius 3 is 1.83 bits per heavy atom. The molecule has 0 aliphatic carbocycles. The lowest BCUT2D eigenvalue weighted by atomic mass is 10.1. The molecule has 0 aliphatic rings. The first-order valence-electron chi connectivity index (χ1n) is 7.26. The van der Waals surface area contributed by atoms with Crippen LogP contribution in [0, 0.1) is 5.92 Å². The second-order valence-electron chi connectivity index (χ2n) is 6.28. The summed E-state index contributed by atoms with van der Waals surface area (Å²) in [5, 5.41) is 0. The molecule has 0 aromatic carbocycles. The first kappa shape index (κ1) is 23.6. The van der Waals surface area contributed by atoms with E-state index >= 15 is 0 Å². The summed E-state index contributed by atoms with van der Waals surface area (Å²) in [6.07, 6.45) is -3.58. The third kappa shape index (κ3) is 6.14. The summed E-state index contributed by atoms with van der Waals surface area (Å²) in [5.41, 5.74) is 0. The van der Waals surface area contributed by atoms with Gasteiger partial charge >= 0.3 is 32.8 Å². The first-order chi connectivity index (χ1) is 10.6. The maximum Gasteiger partial charge on any atom is 0.380 e. The molecule has 2 nitrogen and oxygen atoms in total. The zero-order chi connectivity index (χ0) is 19.4. The lowest BCUT2D eigenvalue weighted by Gasteiger charge is -2.34. The Balaban J connectivity index is 4.75. The molecule has 0 saturated heterocycles. The standard InChI is InChI=1S/C13H22F8O2Si/c1-9(2)6-5-7-22-24(3,4)23-8-11(16,17)13(20,21)12(18,19)10(14)15/h9-10H,5-8H2,1-4H3. The number of hydrogen-bond donors (Lipinski definition) is 0. The highest BCUT2D eigenvalue weighted by Gasteiger charge is 2.75. The van der Waals surface area contributed by atoms with Crippen molar-refractivity contribution in [2.75, 3.05) is 13.2 Å². The topological polar surface area (TPSA) is 18.5 Å². The molecule has 0 unspecified atom stereocenters. The van der Waals surface area contributed by atoms with E-state index in [2.05, 4.69) is 4.43 Å². The van der Waals surface area contributed by atoms with Crippen molar-refractivity contribution in [3.63, 3.8) is 0 Å². The molecule has 11 heteroatoms. The summed E-state index contributed by atoms with van der Waals surface area (Å²) >= 11 is 0. The molecular formula is C13H22F8O2Si. The van der Waals surface area contributed by atoms with Crippen molar-refractivity contribution in [2.45, 2.75) is 64.0 Å². The predicted molar refractivity (Wildman–Crippen MR) is 74.3 cm³/mol. The second kappa shape index (κ2) is 8.30. The van der Waals surface area contributed by atoms with Crippen LogP contribution in [0.25, 0.3) is 0 Å². The fourth-order valence-corrected chi connectivity index (χ4v) is 2.84. The zero-order valence-electron chi connectivity index (χ0n) is 13.8. The fraction of sp³-hybridized carbons (Fsp3) is 1.00. The number of halogens is 8. The van der Waals surface area contributed by atoms with Crippen LogP contribution in [-0.4, -0.2) is 46.0 Å². The van der Waals surface area contributed by atoms with Crippen LogP contribution in [0.15, 0.2) is 0 Å². The molecule has 146 valence electrons. The molecule has 0 atom stereocenters. The molecule has 0 spiro atoms. The fourth-order valence-electron chi connectivity index (χ4n) is 1.59. The predicted octanol–water partition coefficient (Wildman–Crippen LogP) is 5.33. The van der Waals surface area contributed by atoms with Crippen LogP contribution in [0.3, 0.4) is 0 Å². The van der Waals surface area contributed by atoms with E-state index in [0.717, 1.165) is 6.42 Å². The summed E-state index contributed by atoms with van der Waals surface area (Å²) in [4.78, 5) is 0. The van der Waals surface area contributed by atoms with Gasteiger partial charge in [0, 0.05) is 6.61 Å². The van der Waals surface area contributed by atoms with Crippen molar-refractivity contribution in [3.05, 3.63) is 0 Å². The number of rotatable bonds is 11. The first-order valence-corrected chi connectivity index (χ1v) is 10.1. The third-order valence-electron chi connectivity index (χ3n) is 3.13. The molecule has 0 aliphatic heterocycles. The van der Waals surface area contributed by atoms with Crippen molar-refractivity contribution in [1.82, 2.24) is 0 Å². The lowest BCUT2D eigenvalue weighted by molar-refractivity contribution is -0.343. The van der Waals surface area contributed by atoms with Crippen LogP contribution >= 0.6 is 0 Å². The average Bonchev–Trinajstić information content (AvgIpc) is 2.41. The maximum atomic E-state index is 13.4. The minimum absolute atomic E-state index is 0.132. The van der Waals surface area contributed by atoms with E-state index in [1.54, 1.807) is 0 Å². The van der Waals surface area contributed by atoms with Crippen molar-refractivity contribution in [2.24, 2.45) is 5.92 Å². The van der Waals surface area contributed by atoms with E-state index in [1.807, 2.05) is 13.8 Å². The van der Waals surface area contributed by atoms with Gasteiger partial charge < -0.3 is 8.85 Å². The molecule has 0 heterocycles. The molecule has 0 radical (unpaired) electrons. The van der Waals surface area contributed by atoms with Gasteiger partial charge in [-0.05, 0) is 31.9 Å². The van der Waals surface area contributed by atoms with Crippen molar-refractivity contribution in [3.8, 4) is 0 Å². The van der Waals surface area contributed by atoms with Crippen molar-refractivity contribution in [1.29, 1.82) is 0 Å². The van der Waals surface area contributed by atoms with E-state index in [4.69, 9.17) is 4.43 Å². The summed E-state index contributed by atoms with van der Waals surface area (Å²) in [6.45, 7) is 4.43. The van der Waals surface area contributed by atoms with Gasteiger partial charge in [-0.15, -0.1) is 0 Å². The summed E-state index contributed by atoms with van der Waals surface area (Å²) in [6, 6.07) is 0. The lowest BCUT2D eigenvalue weighted by Crippen LogP contribution is -2.60. The molecule has 0 saturated carbocycles. The molecule has 24 heavy (non-hydrogen) atoms. The van der Waals surface area contributed by atoms with E-state index < -0.39 is 39.4 Å². The largest absolute Gasteiger partial charge is 0.395 e. The Kier molecular flexibility index (Phi) is 8.16. The van der Waals surface area contributed by atoms with E-state index in [-0.39, 0.29) is 6.61 Å².